The lowest BCUT2D eigenvalue weighted by Gasteiger charge is -2.15. The molecule has 1 aliphatic rings. The van der Waals surface area contributed by atoms with Crippen LogP contribution in [0.15, 0.2) is 36.4 Å². The summed E-state index contributed by atoms with van der Waals surface area (Å²) in [5, 5.41) is 5.19. The molecule has 1 fully saturated rings. The zero-order chi connectivity index (χ0) is 14.9. The Hall–Kier alpha value is -2.03. The minimum absolute atomic E-state index is 0.0550. The Morgan fingerprint density at radius 3 is 2.52 bits per heavy atom. The van der Waals surface area contributed by atoms with Crippen molar-refractivity contribution in [2.75, 3.05) is 12.3 Å². The first-order valence-electron chi connectivity index (χ1n) is 7.70. The molecule has 110 valence electrons. The van der Waals surface area contributed by atoms with E-state index in [0.717, 1.165) is 17.3 Å². The van der Waals surface area contributed by atoms with Crippen molar-refractivity contribution < 1.29 is 4.79 Å². The van der Waals surface area contributed by atoms with Crippen molar-refractivity contribution in [2.45, 2.75) is 32.6 Å². The molecule has 3 heteroatoms. The molecule has 0 atom stereocenters. The number of amides is 1. The highest BCUT2D eigenvalue weighted by molar-refractivity contribution is 6.03. The second kappa shape index (κ2) is 5.40. The van der Waals surface area contributed by atoms with Crippen molar-refractivity contribution in [1.82, 2.24) is 5.32 Å². The quantitative estimate of drug-likeness (QED) is 0.821. The van der Waals surface area contributed by atoms with E-state index >= 15 is 0 Å². The van der Waals surface area contributed by atoms with Crippen LogP contribution in [0.1, 0.15) is 43.0 Å². The van der Waals surface area contributed by atoms with Crippen LogP contribution in [0.5, 0.6) is 0 Å². The van der Waals surface area contributed by atoms with E-state index in [1.807, 2.05) is 36.4 Å². The molecule has 0 saturated heterocycles. The van der Waals surface area contributed by atoms with Gasteiger partial charge in [-0.3, -0.25) is 4.79 Å². The van der Waals surface area contributed by atoms with E-state index in [-0.39, 0.29) is 5.91 Å². The van der Waals surface area contributed by atoms with Crippen molar-refractivity contribution in [3.8, 4) is 0 Å². The monoisotopic (exact) mass is 282 g/mol. The Kier molecular flexibility index (Phi) is 3.58. The molecule has 1 saturated carbocycles. The fourth-order valence-electron chi connectivity index (χ4n) is 3.04. The zero-order valence-corrected chi connectivity index (χ0v) is 12.5. The molecule has 0 radical (unpaired) electrons. The number of anilines is 1. The third kappa shape index (κ3) is 2.87. The van der Waals surface area contributed by atoms with Gasteiger partial charge in [0.15, 0.2) is 0 Å². The molecule has 2 aromatic rings. The predicted octanol–water partition coefficient (Wildman–Crippen LogP) is 3.73. The van der Waals surface area contributed by atoms with Crippen LogP contribution >= 0.6 is 0 Å². The van der Waals surface area contributed by atoms with Crippen molar-refractivity contribution in [2.24, 2.45) is 5.41 Å². The lowest BCUT2D eigenvalue weighted by molar-refractivity contribution is 0.0945. The molecule has 3 N–H and O–H groups in total. The number of nitrogen functional groups attached to an aromatic ring is 1. The smallest absolute Gasteiger partial charge is 0.253 e. The molecule has 1 aliphatic carbocycles. The van der Waals surface area contributed by atoms with Crippen molar-refractivity contribution in [1.29, 1.82) is 0 Å². The first-order valence-corrected chi connectivity index (χ1v) is 7.70. The Balaban J connectivity index is 1.76. The van der Waals surface area contributed by atoms with Crippen LogP contribution < -0.4 is 11.1 Å². The average molecular weight is 282 g/mol. The van der Waals surface area contributed by atoms with E-state index in [0.29, 0.717) is 16.7 Å². The van der Waals surface area contributed by atoms with Crippen LogP contribution in [-0.2, 0) is 0 Å². The number of nitrogens with one attached hydrogen (secondary N) is 1. The summed E-state index contributed by atoms with van der Waals surface area (Å²) in [7, 11) is 0. The maximum atomic E-state index is 12.4. The third-order valence-corrected chi connectivity index (χ3v) is 4.52. The van der Waals surface area contributed by atoms with Gasteiger partial charge in [-0.05, 0) is 47.6 Å². The summed E-state index contributed by atoms with van der Waals surface area (Å²) in [5.74, 6) is -0.0550. The summed E-state index contributed by atoms with van der Waals surface area (Å²) in [6.45, 7) is 2.97. The summed E-state index contributed by atoms with van der Waals surface area (Å²) in [6, 6.07) is 11.7. The van der Waals surface area contributed by atoms with E-state index in [4.69, 9.17) is 5.73 Å². The highest BCUT2D eigenvalue weighted by atomic mass is 16.1. The lowest BCUT2D eigenvalue weighted by Crippen LogP contribution is -2.30. The van der Waals surface area contributed by atoms with Gasteiger partial charge >= 0.3 is 0 Å². The third-order valence-electron chi connectivity index (χ3n) is 4.52. The summed E-state index contributed by atoms with van der Waals surface area (Å²) in [5.41, 5.74) is 7.53. The number of nitrogens with two attached hydrogens (primary N) is 1. The van der Waals surface area contributed by atoms with Crippen molar-refractivity contribution in [3.63, 3.8) is 0 Å². The zero-order valence-electron chi connectivity index (χ0n) is 12.5. The van der Waals surface area contributed by atoms with E-state index < -0.39 is 0 Å². The van der Waals surface area contributed by atoms with Crippen molar-refractivity contribution >= 4 is 22.4 Å². The van der Waals surface area contributed by atoms with Gasteiger partial charge in [0.25, 0.3) is 5.91 Å². The number of rotatable bonds is 5. The van der Waals surface area contributed by atoms with E-state index in [2.05, 4.69) is 12.2 Å². The maximum Gasteiger partial charge on any atom is 0.253 e. The van der Waals surface area contributed by atoms with Crippen LogP contribution in [0.3, 0.4) is 0 Å². The fraction of sp³-hybridized carbons (Fsp3) is 0.389. The molecule has 0 aliphatic heterocycles. The molecule has 0 aromatic heterocycles. The first kappa shape index (κ1) is 13.9. The molecule has 0 heterocycles. The Bertz CT molecular complexity index is 674. The highest BCUT2D eigenvalue weighted by Gasteiger charge is 2.41. The number of carbonyl (C=O) groups is 1. The molecule has 3 rings (SSSR count). The highest BCUT2D eigenvalue weighted by Crippen LogP contribution is 2.48. The number of hydrogen-bond acceptors (Lipinski definition) is 2. The molecular weight excluding hydrogens is 260 g/mol. The normalized spacial score (nSPS) is 15.9. The molecule has 0 unspecified atom stereocenters. The average Bonchev–Trinajstić information content (AvgIpc) is 3.24. The number of carbonyl (C=O) groups excluding carboxylic acids is 1. The van der Waals surface area contributed by atoms with Crippen LogP contribution in [0.25, 0.3) is 10.8 Å². The molecular formula is C18H22N2O. The topological polar surface area (TPSA) is 55.1 Å². The minimum atomic E-state index is -0.0550. The van der Waals surface area contributed by atoms with Crippen molar-refractivity contribution in [3.05, 3.63) is 42.0 Å². The Labute approximate surface area is 125 Å². The van der Waals surface area contributed by atoms with Crippen LogP contribution in [0.2, 0.25) is 0 Å². The minimum Gasteiger partial charge on any atom is -0.398 e. The van der Waals surface area contributed by atoms with Gasteiger partial charge in [0.1, 0.15) is 0 Å². The van der Waals surface area contributed by atoms with Crippen LogP contribution in [0, 0.1) is 5.41 Å². The molecule has 2 aromatic carbocycles. The Morgan fingerprint density at radius 1 is 1.24 bits per heavy atom. The molecule has 3 nitrogen and oxygen atoms in total. The summed E-state index contributed by atoms with van der Waals surface area (Å²) < 4.78 is 0. The largest absolute Gasteiger partial charge is 0.398 e. The standard InChI is InChI=1S/C18H22N2O/c1-2-7-18(8-9-18)12-20-17(21)15-10-13-5-3-4-6-14(13)11-16(15)19/h3-6,10-11H,2,7-9,12,19H2,1H3,(H,20,21). The summed E-state index contributed by atoms with van der Waals surface area (Å²) in [4.78, 5) is 12.4. The molecule has 0 spiro atoms. The first-order chi connectivity index (χ1) is 10.1. The number of fused-ring (bicyclic) bond motifs is 1. The summed E-state index contributed by atoms with van der Waals surface area (Å²) in [6.07, 6.45) is 4.83. The maximum absolute atomic E-state index is 12.4. The second-order valence-electron chi connectivity index (χ2n) is 6.22. The SMILES string of the molecule is CCCC1(CNC(=O)c2cc3ccccc3cc2N)CC1. The van der Waals surface area contributed by atoms with Gasteiger partial charge in [-0.15, -0.1) is 0 Å². The lowest BCUT2D eigenvalue weighted by atomic mass is 10.00. The number of benzene rings is 2. The molecule has 21 heavy (non-hydrogen) atoms. The molecule has 1 amide bonds. The van der Waals surface area contributed by atoms with Gasteiger partial charge in [-0.2, -0.15) is 0 Å². The molecule has 0 bridgehead atoms. The van der Waals surface area contributed by atoms with Gasteiger partial charge < -0.3 is 11.1 Å². The van der Waals surface area contributed by atoms with E-state index in [9.17, 15) is 4.79 Å². The van der Waals surface area contributed by atoms with Gasteiger partial charge in [-0.1, -0.05) is 37.6 Å². The second-order valence-corrected chi connectivity index (χ2v) is 6.22. The van der Waals surface area contributed by atoms with E-state index in [1.54, 1.807) is 0 Å². The van der Waals surface area contributed by atoms with Gasteiger partial charge in [0.05, 0.1) is 5.56 Å². The fourth-order valence-corrected chi connectivity index (χ4v) is 3.04. The van der Waals surface area contributed by atoms with E-state index in [1.165, 1.54) is 25.7 Å². The van der Waals surface area contributed by atoms with Crippen LogP contribution in [-0.4, -0.2) is 12.5 Å². The van der Waals surface area contributed by atoms with Gasteiger partial charge in [-0.25, -0.2) is 0 Å². The Morgan fingerprint density at radius 2 is 1.90 bits per heavy atom. The van der Waals surface area contributed by atoms with Gasteiger partial charge in [0.2, 0.25) is 0 Å². The number of hydrogen-bond donors (Lipinski definition) is 2. The van der Waals surface area contributed by atoms with Crippen LogP contribution in [0.4, 0.5) is 5.69 Å². The summed E-state index contributed by atoms with van der Waals surface area (Å²) >= 11 is 0. The van der Waals surface area contributed by atoms with Gasteiger partial charge in [0, 0.05) is 12.2 Å². The predicted molar refractivity (Wildman–Crippen MR) is 87.3 cm³/mol.